The highest BCUT2D eigenvalue weighted by molar-refractivity contribution is 5.97. The van der Waals surface area contributed by atoms with Crippen LogP contribution >= 0.6 is 0 Å². The fourth-order valence-electron chi connectivity index (χ4n) is 2.79. The van der Waals surface area contributed by atoms with Gasteiger partial charge in [0.25, 0.3) is 0 Å². The second kappa shape index (κ2) is 6.66. The summed E-state index contributed by atoms with van der Waals surface area (Å²) in [5.41, 5.74) is 7.33. The minimum Gasteiger partial charge on any atom is -0.438 e. The molecule has 7 heteroatoms. The van der Waals surface area contributed by atoms with Crippen LogP contribution in [0.1, 0.15) is 18.7 Å². The minimum atomic E-state index is -0.557. The Morgan fingerprint density at radius 2 is 2.22 bits per heavy atom. The molecule has 2 heterocycles. The first kappa shape index (κ1) is 15.9. The van der Waals surface area contributed by atoms with E-state index in [-0.39, 0.29) is 5.91 Å². The molecule has 1 aliphatic rings. The molecule has 3 rings (SSSR count). The van der Waals surface area contributed by atoms with E-state index >= 15 is 0 Å². The molecule has 3 N–H and O–H groups in total. The highest BCUT2D eigenvalue weighted by atomic mass is 16.5. The van der Waals surface area contributed by atoms with Crippen LogP contribution in [0.15, 0.2) is 22.6 Å². The summed E-state index contributed by atoms with van der Waals surface area (Å²) >= 11 is 0. The van der Waals surface area contributed by atoms with E-state index in [9.17, 15) is 4.79 Å². The zero-order valence-electron chi connectivity index (χ0n) is 13.1. The van der Waals surface area contributed by atoms with Crippen molar-refractivity contribution in [3.63, 3.8) is 0 Å². The topological polar surface area (TPSA) is 99.6 Å². The number of rotatable bonds is 5. The standard InChI is InChI=1S/C16H21N3O4/c1-21-9-14-19-12-8-11(2-3-13(12)23-14)18-15(20)16(10-17)4-6-22-7-5-16/h2-3,8H,4-7,9-10,17H2,1H3,(H,18,20). The zero-order chi connectivity index (χ0) is 16.3. The minimum absolute atomic E-state index is 0.0664. The Bertz CT molecular complexity index is 692. The van der Waals surface area contributed by atoms with Crippen molar-refractivity contribution >= 4 is 22.7 Å². The predicted molar refractivity (Wildman–Crippen MR) is 84.9 cm³/mol. The molecule has 0 unspecified atom stereocenters. The Labute approximate surface area is 134 Å². The summed E-state index contributed by atoms with van der Waals surface area (Å²) < 4.78 is 15.9. The number of methoxy groups -OCH3 is 1. The molecule has 0 bridgehead atoms. The third-order valence-electron chi connectivity index (χ3n) is 4.28. The molecular weight excluding hydrogens is 298 g/mol. The summed E-state index contributed by atoms with van der Waals surface area (Å²) in [6.45, 7) is 1.75. The van der Waals surface area contributed by atoms with Crippen LogP contribution in [0.3, 0.4) is 0 Å². The number of amides is 1. The molecule has 0 atom stereocenters. The number of aromatic nitrogens is 1. The lowest BCUT2D eigenvalue weighted by Gasteiger charge is -2.34. The van der Waals surface area contributed by atoms with Crippen LogP contribution in [0.2, 0.25) is 0 Å². The number of fused-ring (bicyclic) bond motifs is 1. The summed E-state index contributed by atoms with van der Waals surface area (Å²) in [6.07, 6.45) is 1.28. The molecule has 1 aromatic heterocycles. The van der Waals surface area contributed by atoms with Crippen molar-refractivity contribution in [3.8, 4) is 0 Å². The molecule has 1 amide bonds. The van der Waals surface area contributed by atoms with Gasteiger partial charge in [-0.15, -0.1) is 0 Å². The largest absolute Gasteiger partial charge is 0.438 e. The molecule has 7 nitrogen and oxygen atoms in total. The molecule has 0 saturated carbocycles. The van der Waals surface area contributed by atoms with E-state index in [1.807, 2.05) is 0 Å². The van der Waals surface area contributed by atoms with Crippen LogP contribution in [0.5, 0.6) is 0 Å². The first-order chi connectivity index (χ1) is 11.2. The van der Waals surface area contributed by atoms with Gasteiger partial charge in [-0.25, -0.2) is 4.98 Å². The fourth-order valence-corrected chi connectivity index (χ4v) is 2.79. The summed E-state index contributed by atoms with van der Waals surface area (Å²) in [7, 11) is 1.58. The van der Waals surface area contributed by atoms with Gasteiger partial charge in [0.1, 0.15) is 12.1 Å². The van der Waals surface area contributed by atoms with Gasteiger partial charge < -0.3 is 24.9 Å². The molecule has 0 radical (unpaired) electrons. The maximum Gasteiger partial charge on any atom is 0.232 e. The van der Waals surface area contributed by atoms with E-state index < -0.39 is 5.41 Å². The van der Waals surface area contributed by atoms with Gasteiger partial charge in [-0.3, -0.25) is 4.79 Å². The van der Waals surface area contributed by atoms with Crippen LogP contribution in [0, 0.1) is 5.41 Å². The van der Waals surface area contributed by atoms with Crippen molar-refractivity contribution in [3.05, 3.63) is 24.1 Å². The maximum absolute atomic E-state index is 12.7. The lowest BCUT2D eigenvalue weighted by atomic mass is 9.79. The number of ether oxygens (including phenoxy) is 2. The smallest absolute Gasteiger partial charge is 0.232 e. The Hall–Kier alpha value is -1.96. The number of nitrogens with zero attached hydrogens (tertiary/aromatic N) is 1. The fraction of sp³-hybridized carbons (Fsp3) is 0.500. The van der Waals surface area contributed by atoms with E-state index in [0.29, 0.717) is 61.9 Å². The van der Waals surface area contributed by atoms with Gasteiger partial charge in [-0.2, -0.15) is 0 Å². The van der Waals surface area contributed by atoms with E-state index in [0.717, 1.165) is 0 Å². The number of nitrogens with two attached hydrogens (primary N) is 1. The van der Waals surface area contributed by atoms with Crippen molar-refractivity contribution in [1.82, 2.24) is 4.98 Å². The number of carbonyl (C=O) groups excluding carboxylic acids is 1. The first-order valence-electron chi connectivity index (χ1n) is 7.64. The van der Waals surface area contributed by atoms with Crippen LogP contribution in [-0.2, 0) is 20.9 Å². The molecule has 1 aliphatic heterocycles. The van der Waals surface area contributed by atoms with Crippen molar-refractivity contribution in [2.45, 2.75) is 19.4 Å². The Kier molecular flexibility index (Phi) is 4.61. The van der Waals surface area contributed by atoms with Gasteiger partial charge >= 0.3 is 0 Å². The normalized spacial score (nSPS) is 17.3. The van der Waals surface area contributed by atoms with E-state index in [2.05, 4.69) is 10.3 Å². The summed E-state index contributed by atoms with van der Waals surface area (Å²) in [5, 5.41) is 2.95. The molecule has 2 aromatic rings. The Balaban J connectivity index is 1.78. The van der Waals surface area contributed by atoms with Crippen molar-refractivity contribution in [1.29, 1.82) is 0 Å². The molecule has 1 fully saturated rings. The van der Waals surface area contributed by atoms with Gasteiger partial charge in [0.2, 0.25) is 11.8 Å². The van der Waals surface area contributed by atoms with Crippen LogP contribution in [-0.4, -0.2) is 37.8 Å². The molecular formula is C16H21N3O4. The van der Waals surface area contributed by atoms with Crippen LogP contribution in [0.25, 0.3) is 11.1 Å². The third-order valence-corrected chi connectivity index (χ3v) is 4.28. The van der Waals surface area contributed by atoms with Crippen molar-refractivity contribution in [2.75, 3.05) is 32.2 Å². The van der Waals surface area contributed by atoms with Crippen LogP contribution in [0.4, 0.5) is 5.69 Å². The second-order valence-corrected chi connectivity index (χ2v) is 5.77. The predicted octanol–water partition coefficient (Wildman–Crippen LogP) is 1.67. The van der Waals surface area contributed by atoms with E-state index in [1.165, 1.54) is 0 Å². The molecule has 1 aromatic carbocycles. The molecule has 124 valence electrons. The lowest BCUT2D eigenvalue weighted by molar-refractivity contribution is -0.130. The average Bonchev–Trinajstić information content (AvgIpc) is 2.97. The van der Waals surface area contributed by atoms with E-state index in [1.54, 1.807) is 25.3 Å². The van der Waals surface area contributed by atoms with Crippen LogP contribution < -0.4 is 11.1 Å². The number of oxazole rings is 1. The number of nitrogens with one attached hydrogen (secondary N) is 1. The highest BCUT2D eigenvalue weighted by Gasteiger charge is 2.38. The third kappa shape index (κ3) is 3.21. The lowest BCUT2D eigenvalue weighted by Crippen LogP contribution is -2.46. The van der Waals surface area contributed by atoms with Gasteiger partial charge in [-0.05, 0) is 31.0 Å². The summed E-state index contributed by atoms with van der Waals surface area (Å²) in [6, 6.07) is 5.38. The van der Waals surface area contributed by atoms with Crippen molar-refractivity contribution < 1.29 is 18.7 Å². The molecule has 0 spiro atoms. The molecule has 23 heavy (non-hydrogen) atoms. The number of anilines is 1. The monoisotopic (exact) mass is 319 g/mol. The molecule has 1 saturated heterocycles. The molecule has 0 aliphatic carbocycles. The summed E-state index contributed by atoms with van der Waals surface area (Å²) in [5.74, 6) is 0.442. The SMILES string of the molecule is COCc1nc2cc(NC(=O)C3(CN)CCOCC3)ccc2o1. The second-order valence-electron chi connectivity index (χ2n) is 5.77. The van der Waals surface area contributed by atoms with E-state index in [4.69, 9.17) is 19.6 Å². The maximum atomic E-state index is 12.7. The van der Waals surface area contributed by atoms with Gasteiger partial charge in [-0.1, -0.05) is 0 Å². The summed E-state index contributed by atoms with van der Waals surface area (Å²) in [4.78, 5) is 17.0. The number of hydrogen-bond donors (Lipinski definition) is 2. The van der Waals surface area contributed by atoms with Crippen molar-refractivity contribution in [2.24, 2.45) is 11.1 Å². The Morgan fingerprint density at radius 3 is 2.91 bits per heavy atom. The van der Waals surface area contributed by atoms with Gasteiger partial charge in [0.15, 0.2) is 5.58 Å². The first-order valence-corrected chi connectivity index (χ1v) is 7.64. The Morgan fingerprint density at radius 1 is 1.43 bits per heavy atom. The zero-order valence-corrected chi connectivity index (χ0v) is 13.1. The highest BCUT2D eigenvalue weighted by Crippen LogP contribution is 2.31. The van der Waals surface area contributed by atoms with Gasteiger partial charge in [0.05, 0.1) is 5.41 Å². The number of carbonyl (C=O) groups is 1. The van der Waals surface area contributed by atoms with Gasteiger partial charge in [0, 0.05) is 32.6 Å². The number of benzene rings is 1. The quantitative estimate of drug-likeness (QED) is 0.869. The number of hydrogen-bond acceptors (Lipinski definition) is 6. The average molecular weight is 319 g/mol.